The van der Waals surface area contributed by atoms with Crippen molar-refractivity contribution in [3.8, 4) is 0 Å². The molecule has 7 heteroatoms. The summed E-state index contributed by atoms with van der Waals surface area (Å²) >= 11 is 0. The van der Waals surface area contributed by atoms with Gasteiger partial charge in [-0.1, -0.05) is 13.8 Å². The van der Waals surface area contributed by atoms with Crippen LogP contribution in [0, 0.1) is 16.7 Å². The molecule has 2 bridgehead atoms. The van der Waals surface area contributed by atoms with Gasteiger partial charge in [0.05, 0.1) is 5.75 Å². The fraction of sp³-hybridized carbons (Fsp3) is 1.00. The molecule has 4 fully saturated rings. The SMILES string of the molecule is CC1(C)[C@@H]2CC[C@]13CS(=O)(=O)N1O[C@]13C2(F)F. The third-order valence-electron chi connectivity index (χ3n) is 5.62. The molecule has 4 aliphatic rings. The van der Waals surface area contributed by atoms with Crippen LogP contribution in [0.3, 0.4) is 0 Å². The van der Waals surface area contributed by atoms with Gasteiger partial charge in [0, 0.05) is 11.3 Å². The zero-order valence-corrected chi connectivity index (χ0v) is 10.4. The summed E-state index contributed by atoms with van der Waals surface area (Å²) in [5, 5.41) is 0. The molecule has 0 aromatic heterocycles. The minimum absolute atomic E-state index is 0.195. The molecule has 0 radical (unpaired) electrons. The van der Waals surface area contributed by atoms with Crippen LogP contribution in [0.5, 0.6) is 0 Å². The van der Waals surface area contributed by atoms with Gasteiger partial charge in [0.2, 0.25) is 10.0 Å². The van der Waals surface area contributed by atoms with E-state index in [0.717, 1.165) is 0 Å². The predicted molar refractivity (Wildman–Crippen MR) is 53.3 cm³/mol. The normalized spacial score (nSPS) is 58.8. The van der Waals surface area contributed by atoms with Crippen molar-refractivity contribution in [1.82, 2.24) is 4.47 Å². The zero-order valence-electron chi connectivity index (χ0n) is 9.53. The second kappa shape index (κ2) is 2.16. The molecule has 4 nitrogen and oxygen atoms in total. The summed E-state index contributed by atoms with van der Waals surface area (Å²) in [5.74, 6) is -4.05. The maximum absolute atomic E-state index is 14.4. The molecule has 2 saturated heterocycles. The number of hydrogen-bond acceptors (Lipinski definition) is 3. The van der Waals surface area contributed by atoms with Crippen LogP contribution in [0.4, 0.5) is 8.78 Å². The Hall–Kier alpha value is -0.270. The van der Waals surface area contributed by atoms with E-state index in [1.54, 1.807) is 13.8 Å². The Morgan fingerprint density at radius 2 is 2.00 bits per heavy atom. The largest absolute Gasteiger partial charge is 0.298 e. The lowest BCUT2D eigenvalue weighted by atomic mass is 9.68. The van der Waals surface area contributed by atoms with E-state index >= 15 is 0 Å². The Bertz CT molecular complexity index is 538. The Morgan fingerprint density at radius 1 is 1.35 bits per heavy atom. The summed E-state index contributed by atoms with van der Waals surface area (Å²) in [5.41, 5.74) is -3.49. The van der Waals surface area contributed by atoms with Crippen molar-refractivity contribution in [3.05, 3.63) is 0 Å². The minimum atomic E-state index is -3.67. The number of hydrogen-bond donors (Lipinski definition) is 0. The molecule has 2 aliphatic carbocycles. The maximum atomic E-state index is 14.4. The molecule has 0 aromatic carbocycles. The van der Waals surface area contributed by atoms with Gasteiger partial charge in [-0.15, -0.1) is 0 Å². The molecule has 0 amide bonds. The molecule has 2 heterocycles. The first-order valence-corrected chi connectivity index (χ1v) is 7.34. The van der Waals surface area contributed by atoms with Gasteiger partial charge >= 0.3 is 0 Å². The van der Waals surface area contributed by atoms with Gasteiger partial charge in [-0.2, -0.15) is 0 Å². The predicted octanol–water partition coefficient (Wildman–Crippen LogP) is 1.34. The summed E-state index contributed by atoms with van der Waals surface area (Å²) in [6.45, 7) is 3.52. The Labute approximate surface area is 97.9 Å². The molecule has 2 spiro atoms. The van der Waals surface area contributed by atoms with Crippen LogP contribution < -0.4 is 0 Å². The summed E-state index contributed by atoms with van der Waals surface area (Å²) < 4.78 is 53.1. The second-order valence-corrected chi connectivity index (χ2v) is 8.02. The van der Waals surface area contributed by atoms with Crippen molar-refractivity contribution in [3.63, 3.8) is 0 Å². The average molecular weight is 265 g/mol. The lowest BCUT2D eigenvalue weighted by Gasteiger charge is -2.35. The van der Waals surface area contributed by atoms with Gasteiger partial charge in [-0.05, 0) is 22.7 Å². The lowest BCUT2D eigenvalue weighted by molar-refractivity contribution is -0.126. The van der Waals surface area contributed by atoms with E-state index in [2.05, 4.69) is 0 Å². The van der Waals surface area contributed by atoms with Crippen LogP contribution in [0.25, 0.3) is 0 Å². The van der Waals surface area contributed by atoms with Crippen molar-refractivity contribution >= 4 is 10.0 Å². The topological polar surface area (TPSA) is 49.7 Å². The molecule has 2 saturated carbocycles. The molecule has 17 heavy (non-hydrogen) atoms. The van der Waals surface area contributed by atoms with Crippen molar-refractivity contribution in [2.24, 2.45) is 16.7 Å². The fourth-order valence-corrected chi connectivity index (χ4v) is 7.09. The standard InChI is InChI=1S/C10H13F2NO3S/c1-7(2)6-3-4-8(7)5-17(14,15)13-10(8,16-13)9(6,11)12/h6H,3-5H2,1-2H3/t6-,8-,10+,13?/m0/s1. The van der Waals surface area contributed by atoms with Crippen molar-refractivity contribution in [1.29, 1.82) is 0 Å². The Morgan fingerprint density at radius 3 is 2.53 bits per heavy atom. The fourth-order valence-electron chi connectivity index (χ4n) is 4.73. The van der Waals surface area contributed by atoms with Crippen molar-refractivity contribution < 1.29 is 22.0 Å². The van der Waals surface area contributed by atoms with E-state index in [1.165, 1.54) is 0 Å². The first-order valence-electron chi connectivity index (χ1n) is 5.74. The van der Waals surface area contributed by atoms with E-state index in [-0.39, 0.29) is 5.75 Å². The molecular weight excluding hydrogens is 252 g/mol. The average Bonchev–Trinajstić information content (AvgIpc) is 2.78. The maximum Gasteiger partial charge on any atom is 0.298 e. The van der Waals surface area contributed by atoms with E-state index in [4.69, 9.17) is 4.84 Å². The van der Waals surface area contributed by atoms with Crippen LogP contribution in [-0.2, 0) is 14.9 Å². The summed E-state index contributed by atoms with van der Waals surface area (Å²) in [6, 6.07) is 0. The number of hydroxylamine groups is 1. The number of alkyl halides is 2. The van der Waals surface area contributed by atoms with E-state index in [9.17, 15) is 17.2 Å². The second-order valence-electron chi connectivity index (χ2n) is 6.24. The summed E-state index contributed by atoms with van der Waals surface area (Å²) in [7, 11) is -3.67. The highest BCUT2D eigenvalue weighted by molar-refractivity contribution is 7.89. The smallest absolute Gasteiger partial charge is 0.248 e. The third-order valence-corrected chi connectivity index (χ3v) is 7.32. The van der Waals surface area contributed by atoms with E-state index in [1.807, 2.05) is 0 Å². The van der Waals surface area contributed by atoms with Gasteiger partial charge in [-0.25, -0.2) is 22.0 Å². The number of fused-ring (bicyclic) bond motifs is 1. The first kappa shape index (κ1) is 10.6. The molecule has 1 unspecified atom stereocenters. The number of halogens is 2. The molecule has 0 aromatic rings. The number of rotatable bonds is 0. The molecular formula is C10H13F2NO3S. The highest BCUT2D eigenvalue weighted by Crippen LogP contribution is 2.84. The van der Waals surface area contributed by atoms with Gasteiger partial charge in [-0.3, -0.25) is 0 Å². The molecule has 2 aliphatic heterocycles. The van der Waals surface area contributed by atoms with Crippen LogP contribution in [0.15, 0.2) is 0 Å². The van der Waals surface area contributed by atoms with Crippen LogP contribution in [0.2, 0.25) is 0 Å². The highest BCUT2D eigenvalue weighted by Gasteiger charge is 2.99. The van der Waals surface area contributed by atoms with Gasteiger partial charge < -0.3 is 0 Å². The number of sulfonamides is 1. The Kier molecular flexibility index (Phi) is 1.35. The third kappa shape index (κ3) is 0.686. The highest BCUT2D eigenvalue weighted by atomic mass is 32.2. The minimum Gasteiger partial charge on any atom is -0.248 e. The van der Waals surface area contributed by atoms with Crippen LogP contribution in [-0.4, -0.2) is 30.3 Å². The zero-order chi connectivity index (χ0) is 12.5. The summed E-state index contributed by atoms with van der Waals surface area (Å²) in [4.78, 5) is 4.95. The monoisotopic (exact) mass is 265 g/mol. The molecule has 0 N–H and O–H groups in total. The molecule has 96 valence electrons. The molecule has 4 rings (SSSR count). The van der Waals surface area contributed by atoms with Crippen LogP contribution in [0.1, 0.15) is 26.7 Å². The van der Waals surface area contributed by atoms with E-state index in [0.29, 0.717) is 17.3 Å². The van der Waals surface area contributed by atoms with E-state index < -0.39 is 38.4 Å². The van der Waals surface area contributed by atoms with Gasteiger partial charge in [0.15, 0.2) is 0 Å². The van der Waals surface area contributed by atoms with Crippen LogP contribution >= 0.6 is 0 Å². The lowest BCUT2D eigenvalue weighted by Crippen LogP contribution is -2.49. The van der Waals surface area contributed by atoms with Gasteiger partial charge in [0.1, 0.15) is 0 Å². The quantitative estimate of drug-likeness (QED) is 0.621. The van der Waals surface area contributed by atoms with Crippen molar-refractivity contribution in [2.45, 2.75) is 38.3 Å². The molecule has 4 atom stereocenters. The summed E-state index contributed by atoms with van der Waals surface area (Å²) in [6.07, 6.45) is 0.893. The first-order chi connectivity index (χ1) is 7.64. The Balaban J connectivity index is 2.05. The number of nitrogens with zero attached hydrogens (tertiary/aromatic N) is 1. The van der Waals surface area contributed by atoms with Crippen molar-refractivity contribution in [2.75, 3.05) is 5.75 Å². The van der Waals surface area contributed by atoms with Gasteiger partial charge in [0.25, 0.3) is 11.6 Å².